The van der Waals surface area contributed by atoms with Crippen LogP contribution in [0.5, 0.6) is 0 Å². The lowest BCUT2D eigenvalue weighted by Crippen LogP contribution is -2.40. The number of hydrogen-bond acceptors (Lipinski definition) is 2. The molecule has 1 aromatic heterocycles. The van der Waals surface area contributed by atoms with Crippen molar-refractivity contribution < 1.29 is 0 Å². The van der Waals surface area contributed by atoms with Crippen LogP contribution in [0.1, 0.15) is 32.8 Å². The highest BCUT2D eigenvalue weighted by atomic mass is 35.5. The largest absolute Gasteiger partial charge is 0.309 e. The summed E-state index contributed by atoms with van der Waals surface area (Å²) in [6.45, 7) is 7.56. The maximum atomic E-state index is 5.83. The summed E-state index contributed by atoms with van der Waals surface area (Å²) in [4.78, 5) is 0. The van der Waals surface area contributed by atoms with Crippen molar-refractivity contribution in [2.24, 2.45) is 12.5 Å². The Hall–Kier alpha value is -0.540. The highest BCUT2D eigenvalue weighted by Crippen LogP contribution is 2.22. The van der Waals surface area contributed by atoms with Crippen molar-refractivity contribution in [3.8, 4) is 0 Å². The van der Waals surface area contributed by atoms with E-state index >= 15 is 0 Å². The molecule has 0 aromatic carbocycles. The van der Waals surface area contributed by atoms with Crippen molar-refractivity contribution in [3.05, 3.63) is 18.0 Å². The van der Waals surface area contributed by atoms with Gasteiger partial charge < -0.3 is 5.32 Å². The van der Waals surface area contributed by atoms with Gasteiger partial charge in [0.1, 0.15) is 0 Å². The van der Waals surface area contributed by atoms with Crippen molar-refractivity contribution in [1.29, 1.82) is 0 Å². The monoisotopic (exact) mass is 243 g/mol. The normalized spacial score (nSPS) is 14.1. The number of alkyl halides is 1. The molecule has 16 heavy (non-hydrogen) atoms. The van der Waals surface area contributed by atoms with Gasteiger partial charge in [0.25, 0.3) is 0 Å². The Morgan fingerprint density at radius 1 is 1.50 bits per heavy atom. The van der Waals surface area contributed by atoms with E-state index in [1.54, 1.807) is 0 Å². The Bertz CT molecular complexity index is 314. The zero-order valence-electron chi connectivity index (χ0n) is 10.6. The number of aryl methyl sites for hydroxylation is 1. The third-order valence-electron chi connectivity index (χ3n) is 2.75. The summed E-state index contributed by atoms with van der Waals surface area (Å²) in [5, 5.41) is 7.71. The standard InChI is InChI=1S/C12H22ClN3/c1-12(2,3)11(5-6-13)14-7-10-8-15-16(4)9-10/h8-9,11,14H,5-7H2,1-4H3. The molecule has 0 spiro atoms. The van der Waals surface area contributed by atoms with Crippen molar-refractivity contribution in [3.63, 3.8) is 0 Å². The first-order valence-corrected chi connectivity index (χ1v) is 6.24. The van der Waals surface area contributed by atoms with Gasteiger partial charge in [-0.15, -0.1) is 11.6 Å². The Morgan fingerprint density at radius 3 is 2.62 bits per heavy atom. The van der Waals surface area contributed by atoms with E-state index in [9.17, 15) is 0 Å². The molecule has 0 bridgehead atoms. The second-order valence-corrected chi connectivity index (χ2v) is 5.68. The van der Waals surface area contributed by atoms with Crippen LogP contribution in [0, 0.1) is 5.41 Å². The van der Waals surface area contributed by atoms with Gasteiger partial charge in [0.2, 0.25) is 0 Å². The summed E-state index contributed by atoms with van der Waals surface area (Å²) in [5.41, 5.74) is 1.45. The van der Waals surface area contributed by atoms with Gasteiger partial charge in [0.15, 0.2) is 0 Å². The van der Waals surface area contributed by atoms with Crippen LogP contribution in [0.15, 0.2) is 12.4 Å². The summed E-state index contributed by atoms with van der Waals surface area (Å²) >= 11 is 5.83. The molecule has 3 nitrogen and oxygen atoms in total. The van der Waals surface area contributed by atoms with Crippen molar-refractivity contribution in [2.75, 3.05) is 5.88 Å². The molecule has 0 amide bonds. The van der Waals surface area contributed by atoms with Crippen LogP contribution in [-0.2, 0) is 13.6 Å². The van der Waals surface area contributed by atoms with Gasteiger partial charge in [0, 0.05) is 37.3 Å². The van der Waals surface area contributed by atoms with E-state index < -0.39 is 0 Å². The van der Waals surface area contributed by atoms with Crippen molar-refractivity contribution in [2.45, 2.75) is 39.8 Å². The predicted molar refractivity (Wildman–Crippen MR) is 68.6 cm³/mol. The molecule has 0 saturated heterocycles. The molecule has 1 aromatic rings. The van der Waals surface area contributed by atoms with Crippen molar-refractivity contribution in [1.82, 2.24) is 15.1 Å². The third kappa shape index (κ3) is 4.14. The topological polar surface area (TPSA) is 29.9 Å². The predicted octanol–water partition coefficient (Wildman–Crippen LogP) is 2.55. The van der Waals surface area contributed by atoms with Gasteiger partial charge in [-0.3, -0.25) is 4.68 Å². The van der Waals surface area contributed by atoms with Crippen LogP contribution in [0.25, 0.3) is 0 Å². The quantitative estimate of drug-likeness (QED) is 0.806. The molecule has 1 unspecified atom stereocenters. The van der Waals surface area contributed by atoms with E-state index in [-0.39, 0.29) is 5.41 Å². The van der Waals surface area contributed by atoms with Gasteiger partial charge >= 0.3 is 0 Å². The minimum absolute atomic E-state index is 0.233. The molecule has 92 valence electrons. The Kier molecular flexibility index (Phi) is 4.81. The zero-order valence-corrected chi connectivity index (χ0v) is 11.4. The molecule has 1 N–H and O–H groups in total. The smallest absolute Gasteiger partial charge is 0.0534 e. The average Bonchev–Trinajstić information content (AvgIpc) is 2.57. The summed E-state index contributed by atoms with van der Waals surface area (Å²) < 4.78 is 1.82. The minimum atomic E-state index is 0.233. The Labute approximate surface area is 103 Å². The fourth-order valence-corrected chi connectivity index (χ4v) is 1.97. The molecule has 0 aliphatic carbocycles. The molecule has 0 radical (unpaired) electrons. The Balaban J connectivity index is 2.50. The van der Waals surface area contributed by atoms with E-state index in [1.807, 2.05) is 24.1 Å². The van der Waals surface area contributed by atoms with Gasteiger partial charge in [-0.1, -0.05) is 20.8 Å². The average molecular weight is 244 g/mol. The molecule has 1 heterocycles. The minimum Gasteiger partial charge on any atom is -0.309 e. The van der Waals surface area contributed by atoms with Crippen molar-refractivity contribution >= 4 is 11.6 Å². The summed E-state index contributed by atoms with van der Waals surface area (Å²) in [6.07, 6.45) is 4.92. The zero-order chi connectivity index (χ0) is 12.2. The summed E-state index contributed by atoms with van der Waals surface area (Å²) in [6, 6.07) is 0.435. The molecule has 0 fully saturated rings. The van der Waals surface area contributed by atoms with Gasteiger partial charge in [-0.05, 0) is 11.8 Å². The van der Waals surface area contributed by atoms with Gasteiger partial charge in [-0.25, -0.2) is 0 Å². The van der Waals surface area contributed by atoms with Gasteiger partial charge in [-0.2, -0.15) is 5.10 Å². The molecule has 4 heteroatoms. The van der Waals surface area contributed by atoms with E-state index in [1.165, 1.54) is 5.56 Å². The fourth-order valence-electron chi connectivity index (χ4n) is 1.75. The number of aromatic nitrogens is 2. The first kappa shape index (κ1) is 13.5. The second-order valence-electron chi connectivity index (χ2n) is 5.30. The number of nitrogens with zero attached hydrogens (tertiary/aromatic N) is 2. The number of rotatable bonds is 5. The lowest BCUT2D eigenvalue weighted by atomic mass is 9.85. The molecule has 0 aliphatic rings. The molecule has 0 saturated carbocycles. The summed E-state index contributed by atoms with van der Waals surface area (Å²) in [5.74, 6) is 0.696. The number of nitrogens with one attached hydrogen (secondary N) is 1. The Morgan fingerprint density at radius 2 is 2.19 bits per heavy atom. The van der Waals surface area contributed by atoms with Crippen LogP contribution in [0.4, 0.5) is 0 Å². The molecular weight excluding hydrogens is 222 g/mol. The molecular formula is C12H22ClN3. The molecule has 0 aliphatic heterocycles. The van der Waals surface area contributed by atoms with Crippen LogP contribution < -0.4 is 5.32 Å². The first-order chi connectivity index (χ1) is 7.43. The molecule has 1 rings (SSSR count). The number of halogens is 1. The third-order valence-corrected chi connectivity index (χ3v) is 2.97. The first-order valence-electron chi connectivity index (χ1n) is 5.70. The maximum absolute atomic E-state index is 5.83. The van der Waals surface area contributed by atoms with Crippen LogP contribution in [0.3, 0.4) is 0 Å². The second kappa shape index (κ2) is 5.69. The maximum Gasteiger partial charge on any atom is 0.0534 e. The highest BCUT2D eigenvalue weighted by molar-refractivity contribution is 6.17. The fraction of sp³-hybridized carbons (Fsp3) is 0.750. The van der Waals surface area contributed by atoms with E-state index in [0.717, 1.165) is 13.0 Å². The van der Waals surface area contributed by atoms with E-state index in [2.05, 4.69) is 31.2 Å². The molecule has 1 atom stereocenters. The van der Waals surface area contributed by atoms with Crippen LogP contribution in [0.2, 0.25) is 0 Å². The van der Waals surface area contributed by atoms with E-state index in [0.29, 0.717) is 11.9 Å². The highest BCUT2D eigenvalue weighted by Gasteiger charge is 2.23. The lowest BCUT2D eigenvalue weighted by Gasteiger charge is -2.31. The SMILES string of the molecule is Cn1cc(CNC(CCCl)C(C)(C)C)cn1. The van der Waals surface area contributed by atoms with Crippen LogP contribution >= 0.6 is 11.6 Å². The lowest BCUT2D eigenvalue weighted by molar-refractivity contribution is 0.260. The van der Waals surface area contributed by atoms with E-state index in [4.69, 9.17) is 11.6 Å². The van der Waals surface area contributed by atoms with Gasteiger partial charge in [0.05, 0.1) is 6.20 Å². The summed E-state index contributed by atoms with van der Waals surface area (Å²) in [7, 11) is 1.93. The number of hydrogen-bond donors (Lipinski definition) is 1. The van der Waals surface area contributed by atoms with Crippen LogP contribution in [-0.4, -0.2) is 21.7 Å².